The summed E-state index contributed by atoms with van der Waals surface area (Å²) in [6, 6.07) is 8.85. The molecular formula is C25H37IN6O2. The number of rotatable bonds is 7. The van der Waals surface area contributed by atoms with Gasteiger partial charge >= 0.3 is 0 Å². The van der Waals surface area contributed by atoms with E-state index in [-0.39, 0.29) is 30.3 Å². The number of hydrogen-bond donors (Lipinski definition) is 2. The summed E-state index contributed by atoms with van der Waals surface area (Å²) < 4.78 is 12.7. The van der Waals surface area contributed by atoms with Gasteiger partial charge in [0.2, 0.25) is 0 Å². The van der Waals surface area contributed by atoms with Gasteiger partial charge in [-0.25, -0.2) is 4.98 Å². The number of nitrogens with one attached hydrogen (secondary N) is 2. The SMILES string of the molecule is CN=C(NCCN1CCC(=C2c3ccccc3CCn3ccnc32)CC1)NCC(OC)OC.I. The molecule has 9 heteroatoms. The molecule has 2 aromatic rings. The van der Waals surface area contributed by atoms with Gasteiger partial charge in [0, 0.05) is 72.0 Å². The van der Waals surface area contributed by atoms with Gasteiger partial charge in [-0.15, -0.1) is 24.0 Å². The molecular weight excluding hydrogens is 543 g/mol. The van der Waals surface area contributed by atoms with Gasteiger partial charge in [-0.1, -0.05) is 29.8 Å². The summed E-state index contributed by atoms with van der Waals surface area (Å²) in [6.07, 6.45) is 6.97. The summed E-state index contributed by atoms with van der Waals surface area (Å²) in [6.45, 7) is 5.47. The van der Waals surface area contributed by atoms with Gasteiger partial charge in [-0.3, -0.25) is 4.99 Å². The number of guanidine groups is 1. The average Bonchev–Trinajstić information content (AvgIpc) is 3.26. The Morgan fingerprint density at radius 2 is 1.85 bits per heavy atom. The van der Waals surface area contributed by atoms with Crippen LogP contribution in [0.25, 0.3) is 5.57 Å². The first-order valence-corrected chi connectivity index (χ1v) is 11.8. The minimum atomic E-state index is -0.290. The van der Waals surface area contributed by atoms with E-state index in [1.54, 1.807) is 21.3 Å². The van der Waals surface area contributed by atoms with E-state index in [0.717, 1.165) is 63.8 Å². The van der Waals surface area contributed by atoms with E-state index in [2.05, 4.69) is 55.6 Å². The number of ether oxygens (including phenoxy) is 2. The lowest BCUT2D eigenvalue weighted by Crippen LogP contribution is -2.45. The Morgan fingerprint density at radius 1 is 1.09 bits per heavy atom. The molecule has 34 heavy (non-hydrogen) atoms. The molecule has 8 nitrogen and oxygen atoms in total. The predicted octanol–water partition coefficient (Wildman–Crippen LogP) is 2.74. The lowest BCUT2D eigenvalue weighted by atomic mass is 9.90. The van der Waals surface area contributed by atoms with Crippen LogP contribution in [0.1, 0.15) is 29.8 Å². The van der Waals surface area contributed by atoms with Gasteiger partial charge in [-0.05, 0) is 30.4 Å². The molecule has 3 heterocycles. The van der Waals surface area contributed by atoms with E-state index in [1.165, 1.54) is 22.3 Å². The molecule has 0 unspecified atom stereocenters. The van der Waals surface area contributed by atoms with Gasteiger partial charge in [-0.2, -0.15) is 0 Å². The second-order valence-electron chi connectivity index (χ2n) is 8.45. The van der Waals surface area contributed by atoms with E-state index in [9.17, 15) is 0 Å². The number of halogens is 1. The molecule has 1 saturated heterocycles. The van der Waals surface area contributed by atoms with Crippen LogP contribution in [0.4, 0.5) is 0 Å². The quantitative estimate of drug-likeness (QED) is 0.227. The zero-order valence-electron chi connectivity index (χ0n) is 20.4. The molecule has 1 aromatic carbocycles. The zero-order chi connectivity index (χ0) is 23.0. The third kappa shape index (κ3) is 6.38. The van der Waals surface area contributed by atoms with Crippen LogP contribution in [0.5, 0.6) is 0 Å². The third-order valence-electron chi connectivity index (χ3n) is 6.57. The first-order valence-electron chi connectivity index (χ1n) is 11.8. The summed E-state index contributed by atoms with van der Waals surface area (Å²) in [5.74, 6) is 1.89. The molecule has 0 aliphatic carbocycles. The molecule has 0 bridgehead atoms. The first-order chi connectivity index (χ1) is 16.2. The number of fused-ring (bicyclic) bond motifs is 2. The van der Waals surface area contributed by atoms with E-state index >= 15 is 0 Å². The fraction of sp³-hybridized carbons (Fsp3) is 0.520. The minimum Gasteiger partial charge on any atom is -0.355 e. The Bertz CT molecular complexity index is 975. The number of aryl methyl sites for hydroxylation is 2. The smallest absolute Gasteiger partial charge is 0.191 e. The lowest BCUT2D eigenvalue weighted by molar-refractivity contribution is -0.0966. The fourth-order valence-electron chi connectivity index (χ4n) is 4.70. The maximum atomic E-state index is 5.21. The summed E-state index contributed by atoms with van der Waals surface area (Å²) in [5, 5.41) is 6.62. The Balaban J connectivity index is 0.00000324. The highest BCUT2D eigenvalue weighted by molar-refractivity contribution is 14.0. The normalized spacial score (nSPS) is 16.5. The Kier molecular flexibility index (Phi) is 10.4. The van der Waals surface area contributed by atoms with Gasteiger partial charge in [0.05, 0.1) is 6.54 Å². The topological polar surface area (TPSA) is 75.9 Å². The van der Waals surface area contributed by atoms with Gasteiger partial charge in [0.25, 0.3) is 0 Å². The number of piperidine rings is 1. The highest BCUT2D eigenvalue weighted by Crippen LogP contribution is 2.35. The number of hydrogen-bond acceptors (Lipinski definition) is 5. The molecule has 2 aliphatic heterocycles. The Morgan fingerprint density at radius 3 is 2.59 bits per heavy atom. The molecule has 4 rings (SSSR count). The van der Waals surface area contributed by atoms with Gasteiger partial charge in [0.1, 0.15) is 5.82 Å². The van der Waals surface area contributed by atoms with Crippen LogP contribution >= 0.6 is 24.0 Å². The number of imidazole rings is 1. The van der Waals surface area contributed by atoms with Crippen molar-refractivity contribution in [1.29, 1.82) is 0 Å². The van der Waals surface area contributed by atoms with E-state index in [4.69, 9.17) is 14.5 Å². The summed E-state index contributed by atoms with van der Waals surface area (Å²) >= 11 is 0. The standard InChI is InChI=1S/C25H36N6O2.HI/c1-26-25(29-18-22(32-2)33-3)28-11-16-30-13-8-20(9-14-30)23-21-7-5-4-6-19(21)10-15-31-17-12-27-24(23)31;/h4-7,12,17,22H,8-11,13-16,18H2,1-3H3,(H2,26,28,29);1H. The number of benzene rings is 1. The second kappa shape index (κ2) is 13.2. The van der Waals surface area contributed by atoms with Crippen molar-refractivity contribution in [2.75, 3.05) is 54.0 Å². The first kappa shape index (κ1) is 26.7. The van der Waals surface area contributed by atoms with Crippen molar-refractivity contribution in [3.63, 3.8) is 0 Å². The lowest BCUT2D eigenvalue weighted by Gasteiger charge is -2.30. The molecule has 0 atom stereocenters. The molecule has 1 fully saturated rings. The summed E-state index contributed by atoms with van der Waals surface area (Å²) in [7, 11) is 5.04. The Labute approximate surface area is 219 Å². The number of aliphatic imine (C=N–C) groups is 1. The van der Waals surface area contributed by atoms with Crippen molar-refractivity contribution in [3.8, 4) is 0 Å². The zero-order valence-corrected chi connectivity index (χ0v) is 22.7. The number of methoxy groups -OCH3 is 2. The van der Waals surface area contributed by atoms with E-state index < -0.39 is 0 Å². The van der Waals surface area contributed by atoms with Crippen LogP contribution in [-0.4, -0.2) is 80.7 Å². The predicted molar refractivity (Wildman–Crippen MR) is 147 cm³/mol. The molecule has 2 aliphatic rings. The summed E-state index contributed by atoms with van der Waals surface area (Å²) in [4.78, 5) is 11.6. The molecule has 0 radical (unpaired) electrons. The second-order valence-corrected chi connectivity index (χ2v) is 8.45. The molecule has 2 N–H and O–H groups in total. The van der Waals surface area contributed by atoms with Crippen LogP contribution in [0, 0.1) is 0 Å². The van der Waals surface area contributed by atoms with Gasteiger partial charge < -0.3 is 29.6 Å². The van der Waals surface area contributed by atoms with E-state index in [0.29, 0.717) is 6.54 Å². The van der Waals surface area contributed by atoms with Crippen LogP contribution in [0.3, 0.4) is 0 Å². The maximum absolute atomic E-state index is 5.21. The maximum Gasteiger partial charge on any atom is 0.191 e. The van der Waals surface area contributed by atoms with Crippen molar-refractivity contribution < 1.29 is 9.47 Å². The third-order valence-corrected chi connectivity index (χ3v) is 6.57. The number of nitrogens with zero attached hydrogens (tertiary/aromatic N) is 4. The molecule has 186 valence electrons. The number of likely N-dealkylation sites (tertiary alicyclic amines) is 1. The highest BCUT2D eigenvalue weighted by atomic mass is 127. The average molecular weight is 581 g/mol. The van der Waals surface area contributed by atoms with Crippen molar-refractivity contribution in [2.24, 2.45) is 4.99 Å². The van der Waals surface area contributed by atoms with Crippen LogP contribution in [-0.2, 0) is 22.4 Å². The van der Waals surface area contributed by atoms with Crippen molar-refractivity contribution in [3.05, 3.63) is 59.2 Å². The monoisotopic (exact) mass is 580 g/mol. The van der Waals surface area contributed by atoms with Crippen LogP contribution < -0.4 is 10.6 Å². The largest absolute Gasteiger partial charge is 0.355 e. The van der Waals surface area contributed by atoms with Crippen LogP contribution in [0.15, 0.2) is 47.2 Å². The van der Waals surface area contributed by atoms with Gasteiger partial charge in [0.15, 0.2) is 12.2 Å². The number of aromatic nitrogens is 2. The van der Waals surface area contributed by atoms with Crippen molar-refractivity contribution in [2.45, 2.75) is 32.1 Å². The fourth-order valence-corrected chi connectivity index (χ4v) is 4.70. The van der Waals surface area contributed by atoms with Crippen molar-refractivity contribution in [1.82, 2.24) is 25.1 Å². The molecule has 0 saturated carbocycles. The molecule has 1 aromatic heterocycles. The molecule has 0 amide bonds. The molecule has 0 spiro atoms. The summed E-state index contributed by atoms with van der Waals surface area (Å²) in [5.41, 5.74) is 5.69. The van der Waals surface area contributed by atoms with Crippen LogP contribution in [0.2, 0.25) is 0 Å². The minimum absolute atomic E-state index is 0. The highest BCUT2D eigenvalue weighted by Gasteiger charge is 2.24. The van der Waals surface area contributed by atoms with E-state index in [1.807, 2.05) is 6.20 Å². The van der Waals surface area contributed by atoms with Crippen molar-refractivity contribution >= 4 is 35.5 Å². The Hall–Kier alpha value is -1.95.